The quantitative estimate of drug-likeness (QED) is 0.157. The minimum atomic E-state index is -1.44. The number of benzene rings is 2. The van der Waals surface area contributed by atoms with Crippen molar-refractivity contribution in [2.45, 2.75) is 25.4 Å². The zero-order valence-corrected chi connectivity index (χ0v) is 24.1. The lowest BCUT2D eigenvalue weighted by Crippen LogP contribution is -2.55. The van der Waals surface area contributed by atoms with Gasteiger partial charge in [0.1, 0.15) is 25.0 Å². The normalized spacial score (nSPS) is 15.3. The molecule has 1 aliphatic rings. The molecular weight excluding hydrogens is 609 g/mol. The predicted octanol–water partition coefficient (Wildman–Crippen LogP) is 0.288. The summed E-state index contributed by atoms with van der Waals surface area (Å²) in [5, 5.41) is 27.6. The van der Waals surface area contributed by atoms with Crippen molar-refractivity contribution in [2.75, 3.05) is 29.5 Å². The third kappa shape index (κ3) is 8.41. The molecule has 2 atom stereocenters. The number of carbonyl (C=O) groups excluding carboxylic acids is 6. The molecule has 0 saturated heterocycles. The average molecular weight is 636 g/mol. The highest BCUT2D eigenvalue weighted by Gasteiger charge is 2.38. The maximum Gasteiger partial charge on any atom is 0.332 e. The lowest BCUT2D eigenvalue weighted by atomic mass is 10.1. The fraction of sp³-hybridized carbons (Fsp3) is 0.269. The van der Waals surface area contributed by atoms with Crippen LogP contribution >= 0.6 is 23.2 Å². The molecule has 6 amide bonds. The van der Waals surface area contributed by atoms with Crippen LogP contribution in [0.15, 0.2) is 41.5 Å². The highest BCUT2D eigenvalue weighted by molar-refractivity contribution is 6.37. The van der Waals surface area contributed by atoms with E-state index in [9.17, 15) is 39.0 Å². The number of urea groups is 1. The van der Waals surface area contributed by atoms with E-state index in [2.05, 4.69) is 15.7 Å². The molecule has 0 fully saturated rings. The second kappa shape index (κ2) is 14.4. The zero-order chi connectivity index (χ0) is 31.8. The first kappa shape index (κ1) is 32.8. The number of fused-ring (bicyclic) bond motifs is 1. The molecule has 17 heteroatoms. The van der Waals surface area contributed by atoms with Gasteiger partial charge in [0.15, 0.2) is 5.75 Å². The van der Waals surface area contributed by atoms with Gasteiger partial charge in [0.25, 0.3) is 17.7 Å². The Bertz CT molecular complexity index is 1460. The first-order valence-electron chi connectivity index (χ1n) is 12.5. The SMILES string of the molecule is CC(=O)C[C@@H](/C=N\NC(N)=O)NC(=O)CN1C(=O)[C@@H](NC(=O)c2cc(Cl)c(O)c(Cl)c2)CN(C(=O)CO)c2ccccc21. The number of hydrogen-bond acceptors (Lipinski definition) is 9. The summed E-state index contributed by atoms with van der Waals surface area (Å²) in [6, 6.07) is 4.94. The van der Waals surface area contributed by atoms with Gasteiger partial charge in [0, 0.05) is 18.2 Å². The summed E-state index contributed by atoms with van der Waals surface area (Å²) in [4.78, 5) is 77.6. The summed E-state index contributed by atoms with van der Waals surface area (Å²) >= 11 is 11.9. The number of rotatable bonds is 10. The number of halogens is 2. The molecule has 15 nitrogen and oxygen atoms in total. The summed E-state index contributed by atoms with van der Waals surface area (Å²) < 4.78 is 0. The smallest absolute Gasteiger partial charge is 0.332 e. The van der Waals surface area contributed by atoms with Gasteiger partial charge in [0.05, 0.1) is 34.0 Å². The molecule has 0 aromatic heterocycles. The fourth-order valence-electron chi connectivity index (χ4n) is 4.15. The first-order valence-corrected chi connectivity index (χ1v) is 13.3. The molecule has 0 bridgehead atoms. The van der Waals surface area contributed by atoms with Gasteiger partial charge in [-0.1, -0.05) is 35.3 Å². The predicted molar refractivity (Wildman–Crippen MR) is 156 cm³/mol. The molecule has 1 aliphatic heterocycles. The number of nitrogens with one attached hydrogen (secondary N) is 3. The number of aromatic hydroxyl groups is 1. The molecule has 2 aromatic carbocycles. The van der Waals surface area contributed by atoms with E-state index in [-0.39, 0.29) is 39.2 Å². The monoisotopic (exact) mass is 635 g/mol. The van der Waals surface area contributed by atoms with Crippen LogP contribution < -0.4 is 31.6 Å². The van der Waals surface area contributed by atoms with Crippen LogP contribution in [0.2, 0.25) is 10.0 Å². The maximum absolute atomic E-state index is 13.9. The number of phenolic OH excluding ortho intramolecular Hbond substituents is 1. The van der Waals surface area contributed by atoms with Crippen LogP contribution in [0.1, 0.15) is 23.7 Å². The molecule has 0 spiro atoms. The number of carbonyl (C=O) groups is 6. The third-order valence-corrected chi connectivity index (χ3v) is 6.57. The fourth-order valence-corrected chi connectivity index (χ4v) is 4.64. The number of primary amides is 1. The van der Waals surface area contributed by atoms with E-state index >= 15 is 0 Å². The Labute approximate surface area is 254 Å². The molecule has 43 heavy (non-hydrogen) atoms. The number of Topliss-reactive ketones (excluding diaryl/α,β-unsaturated/α-hetero) is 1. The lowest BCUT2D eigenvalue weighted by molar-refractivity contribution is -0.125. The number of ketones is 1. The Morgan fingerprint density at radius 2 is 1.77 bits per heavy atom. The van der Waals surface area contributed by atoms with E-state index in [0.29, 0.717) is 0 Å². The number of aliphatic hydroxyl groups excluding tert-OH is 1. The van der Waals surface area contributed by atoms with Crippen molar-refractivity contribution in [1.82, 2.24) is 16.1 Å². The van der Waals surface area contributed by atoms with Crippen LogP contribution in [0, 0.1) is 0 Å². The summed E-state index contributed by atoms with van der Waals surface area (Å²) in [5.74, 6) is -3.95. The van der Waals surface area contributed by atoms with Gasteiger partial charge in [-0.15, -0.1) is 0 Å². The van der Waals surface area contributed by atoms with E-state index in [1.807, 2.05) is 5.43 Å². The molecule has 7 N–H and O–H groups in total. The van der Waals surface area contributed by atoms with Crippen LogP contribution in [-0.4, -0.2) is 83.7 Å². The minimum Gasteiger partial charge on any atom is -0.505 e. The van der Waals surface area contributed by atoms with E-state index in [1.54, 1.807) is 12.1 Å². The van der Waals surface area contributed by atoms with Gasteiger partial charge < -0.3 is 31.5 Å². The van der Waals surface area contributed by atoms with Crippen molar-refractivity contribution in [1.29, 1.82) is 0 Å². The Kier molecular flexibility index (Phi) is 11.0. The number of anilines is 2. The van der Waals surface area contributed by atoms with Gasteiger partial charge >= 0.3 is 6.03 Å². The van der Waals surface area contributed by atoms with Crippen LogP contribution in [0.4, 0.5) is 16.2 Å². The number of amides is 6. The number of aliphatic hydroxyl groups is 1. The standard InChI is InChI=1S/C26H27Cl2N7O8/c1-13(37)6-15(9-30-33-26(29)43)31-21(38)11-35-20-5-3-2-4-19(20)34(22(39)12-36)10-18(25(35)42)32-24(41)14-7-16(27)23(40)17(28)8-14/h2-5,7-9,15,18,36,40H,6,10-12H2,1H3,(H,31,38)(H,32,41)(H3,29,33,43)/b30-9-/t15-,18-/m0/s1. The molecule has 228 valence electrons. The number of hydrazone groups is 1. The summed E-state index contributed by atoms with van der Waals surface area (Å²) in [5.41, 5.74) is 7.10. The Balaban J connectivity index is 1.96. The van der Waals surface area contributed by atoms with Crippen LogP contribution in [0.25, 0.3) is 0 Å². The Morgan fingerprint density at radius 1 is 1.14 bits per heavy atom. The van der Waals surface area contributed by atoms with Crippen molar-refractivity contribution >= 4 is 76.2 Å². The van der Waals surface area contributed by atoms with Crippen LogP contribution in [-0.2, 0) is 19.2 Å². The number of nitrogens with two attached hydrogens (primary N) is 1. The van der Waals surface area contributed by atoms with Gasteiger partial charge in [-0.25, -0.2) is 10.2 Å². The van der Waals surface area contributed by atoms with Crippen molar-refractivity contribution in [2.24, 2.45) is 10.8 Å². The van der Waals surface area contributed by atoms with E-state index in [0.717, 1.165) is 28.1 Å². The topological polar surface area (TPSA) is 224 Å². The highest BCUT2D eigenvalue weighted by atomic mass is 35.5. The minimum absolute atomic E-state index is 0.109. The Morgan fingerprint density at radius 3 is 2.35 bits per heavy atom. The summed E-state index contributed by atoms with van der Waals surface area (Å²) in [7, 11) is 0. The maximum atomic E-state index is 13.9. The molecule has 0 unspecified atom stereocenters. The van der Waals surface area contributed by atoms with Crippen LogP contribution in [0.5, 0.6) is 5.75 Å². The molecule has 3 rings (SSSR count). The van der Waals surface area contributed by atoms with Gasteiger partial charge in [0.2, 0.25) is 5.91 Å². The molecular formula is C26H27Cl2N7O8. The number of para-hydroxylation sites is 2. The number of phenols is 1. The lowest BCUT2D eigenvalue weighted by Gasteiger charge is -2.25. The molecule has 2 aromatic rings. The summed E-state index contributed by atoms with van der Waals surface area (Å²) in [6.07, 6.45) is 0.885. The van der Waals surface area contributed by atoms with E-state index in [1.165, 1.54) is 19.1 Å². The molecule has 0 saturated carbocycles. The van der Waals surface area contributed by atoms with Crippen molar-refractivity contribution in [3.8, 4) is 5.75 Å². The average Bonchev–Trinajstić information content (AvgIpc) is 3.05. The second-order valence-corrected chi connectivity index (χ2v) is 10.0. The van der Waals surface area contributed by atoms with Crippen LogP contribution in [0.3, 0.4) is 0 Å². The largest absolute Gasteiger partial charge is 0.505 e. The molecule has 1 heterocycles. The Hall–Kier alpha value is -4.73. The molecule has 0 aliphatic carbocycles. The third-order valence-electron chi connectivity index (χ3n) is 6.00. The number of hydrogen-bond donors (Lipinski definition) is 6. The number of nitrogens with zero attached hydrogens (tertiary/aromatic N) is 3. The van der Waals surface area contributed by atoms with Crippen molar-refractivity contribution < 1.29 is 39.0 Å². The summed E-state index contributed by atoms with van der Waals surface area (Å²) in [6.45, 7) is -0.696. The van der Waals surface area contributed by atoms with E-state index in [4.69, 9.17) is 28.9 Å². The molecule has 0 radical (unpaired) electrons. The first-order chi connectivity index (χ1) is 20.3. The van der Waals surface area contributed by atoms with Gasteiger partial charge in [-0.05, 0) is 31.2 Å². The van der Waals surface area contributed by atoms with Gasteiger partial charge in [-0.3, -0.25) is 28.9 Å². The van der Waals surface area contributed by atoms with E-state index < -0.39 is 67.2 Å². The zero-order valence-electron chi connectivity index (χ0n) is 22.5. The van der Waals surface area contributed by atoms with Crippen molar-refractivity contribution in [3.63, 3.8) is 0 Å². The highest BCUT2D eigenvalue weighted by Crippen LogP contribution is 2.34. The van der Waals surface area contributed by atoms with Crippen molar-refractivity contribution in [3.05, 3.63) is 52.0 Å². The second-order valence-electron chi connectivity index (χ2n) is 9.22. The van der Waals surface area contributed by atoms with Gasteiger partial charge in [-0.2, -0.15) is 5.10 Å².